The highest BCUT2D eigenvalue weighted by molar-refractivity contribution is 5.90. The number of rotatable bonds is 10. The smallest absolute Gasteiger partial charge is 0.390 e. The van der Waals surface area contributed by atoms with Gasteiger partial charge in [0.05, 0.1) is 13.2 Å². The minimum absolute atomic E-state index is 0.0637. The van der Waals surface area contributed by atoms with Gasteiger partial charge in [0.2, 0.25) is 0 Å². The second-order valence-electron chi connectivity index (χ2n) is 4.42. The zero-order valence-corrected chi connectivity index (χ0v) is 11.9. The summed E-state index contributed by atoms with van der Waals surface area (Å²) in [6.45, 7) is 4.14. The maximum atomic E-state index is 10.9. The molecule has 21 heavy (non-hydrogen) atoms. The number of hydrogen-bond donors (Lipinski definition) is 0. The summed E-state index contributed by atoms with van der Waals surface area (Å²) in [5, 5.41) is 10.9. The molecule has 0 aliphatic carbocycles. The first-order chi connectivity index (χ1) is 10.1. The fraction of sp³-hybridized carbons (Fsp3) is 0.375. The second kappa shape index (κ2) is 9.58. The topological polar surface area (TPSA) is 72.5 Å². The molecule has 0 aliphatic heterocycles. The van der Waals surface area contributed by atoms with Crippen molar-refractivity contribution >= 4 is 11.9 Å². The van der Waals surface area contributed by atoms with Gasteiger partial charge in [-0.05, 0) is 37.8 Å². The van der Waals surface area contributed by atoms with Crippen LogP contribution in [-0.4, -0.2) is 25.2 Å². The molecule has 0 spiro atoms. The Labute approximate surface area is 124 Å². The lowest BCUT2D eigenvalue weighted by Crippen LogP contribution is -2.04. The molecule has 5 heteroatoms. The number of carbonyl (C=O) groups excluding carboxylic acids is 2. The van der Waals surface area contributed by atoms with Gasteiger partial charge in [0.1, 0.15) is 11.3 Å². The summed E-state index contributed by atoms with van der Waals surface area (Å²) in [6, 6.07) is 6.41. The van der Waals surface area contributed by atoms with Crippen LogP contribution in [0.3, 0.4) is 0 Å². The highest BCUT2D eigenvalue weighted by atomic mass is 16.5. The molecule has 1 aromatic carbocycles. The van der Waals surface area contributed by atoms with Gasteiger partial charge >= 0.3 is 11.9 Å². The van der Waals surface area contributed by atoms with E-state index >= 15 is 0 Å². The third-order valence-corrected chi connectivity index (χ3v) is 2.81. The zero-order valence-electron chi connectivity index (χ0n) is 11.9. The lowest BCUT2D eigenvalue weighted by atomic mass is 10.2. The van der Waals surface area contributed by atoms with Gasteiger partial charge < -0.3 is 9.47 Å². The van der Waals surface area contributed by atoms with Crippen molar-refractivity contribution in [3.8, 4) is 5.75 Å². The van der Waals surface area contributed by atoms with Crippen LogP contribution in [0.5, 0.6) is 5.75 Å². The van der Waals surface area contributed by atoms with Gasteiger partial charge in [-0.15, -0.1) is 0 Å². The molecule has 0 bridgehead atoms. The fourth-order valence-corrected chi connectivity index (χ4v) is 1.73. The second-order valence-corrected chi connectivity index (χ2v) is 4.42. The van der Waals surface area contributed by atoms with Crippen LogP contribution in [0.15, 0.2) is 36.9 Å². The van der Waals surface area contributed by atoms with Gasteiger partial charge in [0, 0.05) is 6.08 Å². The molecule has 0 atom stereocenters. The highest BCUT2D eigenvalue weighted by Gasteiger charge is 2.11. The van der Waals surface area contributed by atoms with Crippen molar-refractivity contribution in [3.05, 3.63) is 42.5 Å². The number of esters is 1. The first-order valence-corrected chi connectivity index (χ1v) is 6.87. The van der Waals surface area contributed by atoms with Crippen LogP contribution in [0.2, 0.25) is 0 Å². The van der Waals surface area contributed by atoms with E-state index in [9.17, 15) is 14.7 Å². The number of hydrogen-bond acceptors (Lipinski definition) is 4. The van der Waals surface area contributed by atoms with Crippen molar-refractivity contribution in [2.24, 2.45) is 0 Å². The SMILES string of the molecule is C=CC(=O)OCCCCCCOc1ccccc1C([O])=O. The Morgan fingerprint density at radius 2 is 1.71 bits per heavy atom. The number of benzene rings is 1. The summed E-state index contributed by atoms with van der Waals surface area (Å²) >= 11 is 0. The van der Waals surface area contributed by atoms with E-state index in [1.165, 1.54) is 6.07 Å². The van der Waals surface area contributed by atoms with Crippen LogP contribution < -0.4 is 4.74 Å². The van der Waals surface area contributed by atoms with Crippen molar-refractivity contribution in [1.29, 1.82) is 0 Å². The van der Waals surface area contributed by atoms with Crippen molar-refractivity contribution in [1.82, 2.24) is 0 Å². The average Bonchev–Trinajstić information content (AvgIpc) is 2.49. The average molecular weight is 291 g/mol. The number of carbonyl (C=O) groups is 2. The summed E-state index contributed by atoms with van der Waals surface area (Å²) in [4.78, 5) is 21.6. The lowest BCUT2D eigenvalue weighted by molar-refractivity contribution is -0.137. The van der Waals surface area contributed by atoms with Crippen LogP contribution in [0.25, 0.3) is 0 Å². The summed E-state index contributed by atoms with van der Waals surface area (Å²) in [7, 11) is 0. The molecule has 0 fully saturated rings. The van der Waals surface area contributed by atoms with E-state index in [1.807, 2.05) is 0 Å². The maximum absolute atomic E-state index is 10.9. The van der Waals surface area contributed by atoms with E-state index in [0.29, 0.717) is 19.0 Å². The molecule has 0 aromatic heterocycles. The lowest BCUT2D eigenvalue weighted by Gasteiger charge is -2.08. The van der Waals surface area contributed by atoms with Crippen LogP contribution in [0.1, 0.15) is 36.0 Å². The minimum atomic E-state index is -1.24. The van der Waals surface area contributed by atoms with Gasteiger partial charge in [0.15, 0.2) is 0 Å². The summed E-state index contributed by atoms with van der Waals surface area (Å²) in [5.41, 5.74) is 0.0637. The molecule has 1 rings (SSSR count). The zero-order chi connectivity index (χ0) is 15.5. The van der Waals surface area contributed by atoms with Gasteiger partial charge in [-0.25, -0.2) is 14.7 Å². The predicted molar refractivity (Wildman–Crippen MR) is 76.6 cm³/mol. The fourth-order valence-electron chi connectivity index (χ4n) is 1.73. The molecule has 0 N–H and O–H groups in total. The molecule has 0 saturated heterocycles. The van der Waals surface area contributed by atoms with Crippen LogP contribution in [-0.2, 0) is 14.6 Å². The van der Waals surface area contributed by atoms with Gasteiger partial charge in [0.25, 0.3) is 0 Å². The van der Waals surface area contributed by atoms with E-state index in [-0.39, 0.29) is 5.56 Å². The molecule has 113 valence electrons. The monoisotopic (exact) mass is 291 g/mol. The van der Waals surface area contributed by atoms with E-state index in [4.69, 9.17) is 9.47 Å². The largest absolute Gasteiger partial charge is 0.493 e. The first kappa shape index (κ1) is 16.8. The van der Waals surface area contributed by atoms with E-state index in [1.54, 1.807) is 18.2 Å². The Morgan fingerprint density at radius 3 is 2.38 bits per heavy atom. The van der Waals surface area contributed by atoms with E-state index in [2.05, 4.69) is 6.58 Å². The van der Waals surface area contributed by atoms with Crippen molar-refractivity contribution in [2.45, 2.75) is 25.7 Å². The number of ether oxygens (including phenoxy) is 2. The summed E-state index contributed by atoms with van der Waals surface area (Å²) < 4.78 is 10.3. The maximum Gasteiger partial charge on any atom is 0.390 e. The molecule has 0 saturated carbocycles. The third kappa shape index (κ3) is 6.61. The molecule has 0 heterocycles. The molecule has 5 nitrogen and oxygen atoms in total. The van der Waals surface area contributed by atoms with Crippen LogP contribution in [0.4, 0.5) is 0 Å². The predicted octanol–water partition coefficient (Wildman–Crippen LogP) is 2.93. The minimum Gasteiger partial charge on any atom is -0.493 e. The number of unbranched alkanes of at least 4 members (excludes halogenated alkanes) is 3. The molecule has 1 aromatic rings. The molecular weight excluding hydrogens is 272 g/mol. The van der Waals surface area contributed by atoms with Gasteiger partial charge in [-0.1, -0.05) is 18.7 Å². The normalized spacial score (nSPS) is 9.90. The molecular formula is C16H19O5. The summed E-state index contributed by atoms with van der Waals surface area (Å²) in [6.07, 6.45) is 4.56. The quantitative estimate of drug-likeness (QED) is 0.377. The third-order valence-electron chi connectivity index (χ3n) is 2.81. The first-order valence-electron chi connectivity index (χ1n) is 6.87. The Bertz CT molecular complexity index is 481. The molecule has 0 unspecified atom stereocenters. The molecule has 0 aliphatic rings. The number of para-hydroxylation sites is 1. The Balaban J connectivity index is 2.13. The van der Waals surface area contributed by atoms with E-state index < -0.39 is 11.9 Å². The van der Waals surface area contributed by atoms with E-state index in [0.717, 1.165) is 31.8 Å². The van der Waals surface area contributed by atoms with Crippen LogP contribution in [0, 0.1) is 0 Å². The summed E-state index contributed by atoms with van der Waals surface area (Å²) in [5.74, 6) is -1.32. The van der Waals surface area contributed by atoms with Crippen molar-refractivity contribution in [3.63, 3.8) is 0 Å². The Kier molecular flexibility index (Phi) is 7.64. The molecule has 0 amide bonds. The Morgan fingerprint density at radius 1 is 1.05 bits per heavy atom. The van der Waals surface area contributed by atoms with Crippen molar-refractivity contribution < 1.29 is 24.2 Å². The Hall–Kier alpha value is -2.30. The van der Waals surface area contributed by atoms with Gasteiger partial charge in [-0.2, -0.15) is 0 Å². The van der Waals surface area contributed by atoms with Gasteiger partial charge in [-0.3, -0.25) is 0 Å². The van der Waals surface area contributed by atoms with Crippen LogP contribution >= 0.6 is 0 Å². The molecule has 1 radical (unpaired) electrons. The highest BCUT2D eigenvalue weighted by Crippen LogP contribution is 2.18. The van der Waals surface area contributed by atoms with Crippen molar-refractivity contribution in [2.75, 3.05) is 13.2 Å². The standard InChI is InChI=1S/C16H19O5/c1-2-15(17)21-12-8-4-3-7-11-20-14-10-6-5-9-13(14)16(18)19/h2,5-6,9-10H,1,3-4,7-8,11-12H2.